The van der Waals surface area contributed by atoms with Gasteiger partial charge in [0.25, 0.3) is 0 Å². The predicted molar refractivity (Wildman–Crippen MR) is 90.7 cm³/mol. The molecule has 3 aromatic rings. The lowest BCUT2D eigenvalue weighted by atomic mass is 10.1. The maximum Gasteiger partial charge on any atom is 0.243 e. The summed E-state index contributed by atoms with van der Waals surface area (Å²) in [6.45, 7) is 5.91. The minimum Gasteiger partial charge on any atom is -0.348 e. The minimum absolute atomic E-state index is 0.170. The molecule has 5 heteroatoms. The van der Waals surface area contributed by atoms with E-state index in [4.69, 9.17) is 0 Å². The summed E-state index contributed by atoms with van der Waals surface area (Å²) in [5.41, 5.74) is 5.13. The highest BCUT2D eigenvalue weighted by molar-refractivity contribution is 5.87. The molecular formula is C18H18N4O. The number of aryl methyl sites for hydroxylation is 2. The Morgan fingerprint density at radius 3 is 2.70 bits per heavy atom. The van der Waals surface area contributed by atoms with Gasteiger partial charge < -0.3 is 9.88 Å². The highest BCUT2D eigenvalue weighted by Gasteiger charge is 2.11. The van der Waals surface area contributed by atoms with Gasteiger partial charge in [0, 0.05) is 19.0 Å². The van der Waals surface area contributed by atoms with Gasteiger partial charge in [0.15, 0.2) is 0 Å². The quantitative estimate of drug-likeness (QED) is 0.754. The number of carbonyl (C=O) groups excluding carboxylic acids is 1. The third-order valence-corrected chi connectivity index (χ3v) is 3.92. The van der Waals surface area contributed by atoms with Gasteiger partial charge in [0.05, 0.1) is 11.4 Å². The van der Waals surface area contributed by atoms with Crippen molar-refractivity contribution in [2.24, 2.45) is 7.05 Å². The van der Waals surface area contributed by atoms with Crippen LogP contribution >= 0.6 is 0 Å². The second-order valence-corrected chi connectivity index (χ2v) is 5.40. The van der Waals surface area contributed by atoms with Crippen LogP contribution in [0.2, 0.25) is 0 Å². The average Bonchev–Trinajstić information content (AvgIpc) is 2.92. The van der Waals surface area contributed by atoms with E-state index in [0.29, 0.717) is 6.54 Å². The molecule has 3 rings (SSSR count). The topological polar surface area (TPSA) is 59.8 Å². The van der Waals surface area contributed by atoms with E-state index in [1.54, 1.807) is 6.33 Å². The van der Waals surface area contributed by atoms with Crippen molar-refractivity contribution in [2.45, 2.75) is 13.5 Å². The van der Waals surface area contributed by atoms with Crippen molar-refractivity contribution in [1.82, 2.24) is 19.9 Å². The molecule has 0 unspecified atom stereocenters. The molecule has 1 amide bonds. The van der Waals surface area contributed by atoms with Crippen LogP contribution in [0.25, 0.3) is 22.3 Å². The van der Waals surface area contributed by atoms with Gasteiger partial charge in [-0.05, 0) is 30.2 Å². The molecule has 116 valence electrons. The predicted octanol–water partition coefficient (Wildman–Crippen LogP) is 2.75. The number of nitrogens with one attached hydrogen (secondary N) is 1. The summed E-state index contributed by atoms with van der Waals surface area (Å²) in [6, 6.07) is 10.2. The lowest BCUT2D eigenvalue weighted by Crippen LogP contribution is -2.19. The number of hydrogen-bond acceptors (Lipinski definition) is 3. The van der Waals surface area contributed by atoms with Crippen molar-refractivity contribution in [3.63, 3.8) is 0 Å². The number of nitrogens with zero attached hydrogens (tertiary/aromatic N) is 3. The first-order valence-electron chi connectivity index (χ1n) is 7.36. The summed E-state index contributed by atoms with van der Waals surface area (Å²) in [7, 11) is 2.00. The molecule has 0 aliphatic carbocycles. The van der Waals surface area contributed by atoms with Crippen LogP contribution in [0.3, 0.4) is 0 Å². The van der Waals surface area contributed by atoms with Gasteiger partial charge in [-0.3, -0.25) is 4.79 Å². The lowest BCUT2D eigenvalue weighted by molar-refractivity contribution is -0.116. The molecule has 0 radical (unpaired) electrons. The van der Waals surface area contributed by atoms with Crippen molar-refractivity contribution in [2.75, 3.05) is 0 Å². The maximum atomic E-state index is 11.2. The zero-order valence-electron chi connectivity index (χ0n) is 13.2. The highest BCUT2D eigenvalue weighted by atomic mass is 16.1. The SMILES string of the molecule is C=CC(=O)NCc1ccc(-c2cc3c(C)ncnc3n2C)cc1. The minimum atomic E-state index is -0.170. The maximum absolute atomic E-state index is 11.2. The fraction of sp³-hybridized carbons (Fsp3) is 0.167. The van der Waals surface area contributed by atoms with Crippen molar-refractivity contribution in [3.05, 3.63) is 60.6 Å². The van der Waals surface area contributed by atoms with E-state index in [1.165, 1.54) is 6.08 Å². The standard InChI is InChI=1S/C18H18N4O/c1-4-17(23)19-10-13-5-7-14(8-6-13)16-9-15-12(2)20-11-21-18(15)22(16)3/h4-9,11H,1,10H2,2-3H3,(H,19,23). The molecule has 0 aliphatic heterocycles. The van der Waals surface area contributed by atoms with Gasteiger partial charge >= 0.3 is 0 Å². The first kappa shape index (κ1) is 15.0. The van der Waals surface area contributed by atoms with E-state index in [-0.39, 0.29) is 5.91 Å². The zero-order valence-corrected chi connectivity index (χ0v) is 13.2. The summed E-state index contributed by atoms with van der Waals surface area (Å²) < 4.78 is 2.07. The van der Waals surface area contributed by atoms with Crippen LogP contribution in [-0.4, -0.2) is 20.4 Å². The molecule has 0 atom stereocenters. The molecule has 0 fully saturated rings. The fourth-order valence-corrected chi connectivity index (χ4v) is 2.59. The highest BCUT2D eigenvalue weighted by Crippen LogP contribution is 2.27. The monoisotopic (exact) mass is 306 g/mol. The normalized spacial score (nSPS) is 10.7. The molecule has 1 N–H and O–H groups in total. The van der Waals surface area contributed by atoms with Crippen LogP contribution < -0.4 is 5.32 Å². The second-order valence-electron chi connectivity index (χ2n) is 5.40. The molecule has 23 heavy (non-hydrogen) atoms. The number of fused-ring (bicyclic) bond motifs is 1. The summed E-state index contributed by atoms with van der Waals surface area (Å²) in [4.78, 5) is 19.8. The molecule has 0 aliphatic rings. The van der Waals surface area contributed by atoms with Gasteiger partial charge in [-0.1, -0.05) is 30.8 Å². The van der Waals surface area contributed by atoms with Crippen LogP contribution in [0.1, 0.15) is 11.3 Å². The number of carbonyl (C=O) groups is 1. The molecular weight excluding hydrogens is 288 g/mol. The number of amides is 1. The number of benzene rings is 1. The van der Waals surface area contributed by atoms with E-state index >= 15 is 0 Å². The van der Waals surface area contributed by atoms with Crippen LogP contribution in [0.4, 0.5) is 0 Å². The Morgan fingerprint density at radius 2 is 2.04 bits per heavy atom. The van der Waals surface area contributed by atoms with Gasteiger partial charge in [0.1, 0.15) is 12.0 Å². The number of aromatic nitrogens is 3. The smallest absolute Gasteiger partial charge is 0.243 e. The van der Waals surface area contributed by atoms with Crippen molar-refractivity contribution in [3.8, 4) is 11.3 Å². The van der Waals surface area contributed by atoms with E-state index in [0.717, 1.165) is 33.5 Å². The largest absolute Gasteiger partial charge is 0.348 e. The number of hydrogen-bond donors (Lipinski definition) is 1. The fourth-order valence-electron chi connectivity index (χ4n) is 2.59. The Kier molecular flexibility index (Phi) is 3.93. The Bertz CT molecular complexity index is 878. The summed E-state index contributed by atoms with van der Waals surface area (Å²) in [6.07, 6.45) is 2.86. The van der Waals surface area contributed by atoms with Gasteiger partial charge in [-0.25, -0.2) is 9.97 Å². The first-order valence-corrected chi connectivity index (χ1v) is 7.36. The third-order valence-electron chi connectivity index (χ3n) is 3.92. The number of rotatable bonds is 4. The van der Waals surface area contributed by atoms with E-state index < -0.39 is 0 Å². The Balaban J connectivity index is 1.90. The molecule has 2 aromatic heterocycles. The van der Waals surface area contributed by atoms with E-state index in [2.05, 4.69) is 32.5 Å². The van der Waals surface area contributed by atoms with Crippen molar-refractivity contribution >= 4 is 16.9 Å². The van der Waals surface area contributed by atoms with Crippen LogP contribution in [0.15, 0.2) is 49.3 Å². The molecule has 5 nitrogen and oxygen atoms in total. The van der Waals surface area contributed by atoms with Crippen LogP contribution in [-0.2, 0) is 18.4 Å². The third kappa shape index (κ3) is 2.85. The van der Waals surface area contributed by atoms with Gasteiger partial charge in [0.2, 0.25) is 5.91 Å². The zero-order chi connectivity index (χ0) is 16.4. The molecule has 1 aromatic carbocycles. The van der Waals surface area contributed by atoms with E-state index in [1.807, 2.05) is 38.2 Å². The summed E-state index contributed by atoms with van der Waals surface area (Å²) in [5, 5.41) is 3.83. The van der Waals surface area contributed by atoms with Gasteiger partial charge in [-0.2, -0.15) is 0 Å². The van der Waals surface area contributed by atoms with Crippen molar-refractivity contribution in [1.29, 1.82) is 0 Å². The van der Waals surface area contributed by atoms with Crippen LogP contribution in [0, 0.1) is 6.92 Å². The van der Waals surface area contributed by atoms with E-state index in [9.17, 15) is 4.79 Å². The Morgan fingerprint density at radius 1 is 1.30 bits per heavy atom. The molecule has 0 bridgehead atoms. The molecule has 0 saturated heterocycles. The first-order chi connectivity index (χ1) is 11.1. The molecule has 2 heterocycles. The summed E-state index contributed by atoms with van der Waals surface area (Å²) in [5.74, 6) is -0.170. The summed E-state index contributed by atoms with van der Waals surface area (Å²) >= 11 is 0. The Labute approximate surface area is 134 Å². The lowest BCUT2D eigenvalue weighted by Gasteiger charge is -2.06. The van der Waals surface area contributed by atoms with Crippen molar-refractivity contribution < 1.29 is 4.79 Å². The van der Waals surface area contributed by atoms with Gasteiger partial charge in [-0.15, -0.1) is 0 Å². The van der Waals surface area contributed by atoms with Crippen LogP contribution in [0.5, 0.6) is 0 Å². The Hall–Kier alpha value is -2.95. The average molecular weight is 306 g/mol. The molecule has 0 saturated carbocycles. The molecule has 0 spiro atoms. The second kappa shape index (κ2) is 6.04.